The minimum atomic E-state index is -0.191. The summed E-state index contributed by atoms with van der Waals surface area (Å²) in [6.45, 7) is 0. The molecule has 0 heterocycles. The van der Waals surface area contributed by atoms with Gasteiger partial charge in [-0.3, -0.25) is 4.79 Å². The number of carbonyl (C=O) groups is 1. The van der Waals surface area contributed by atoms with Crippen LogP contribution >= 0.6 is 45.8 Å². The van der Waals surface area contributed by atoms with Crippen molar-refractivity contribution in [1.29, 1.82) is 0 Å². The Bertz CT molecular complexity index is 601. The van der Waals surface area contributed by atoms with Gasteiger partial charge in [-0.15, -0.1) is 0 Å². The van der Waals surface area contributed by atoms with E-state index in [0.717, 1.165) is 3.57 Å². The lowest BCUT2D eigenvalue weighted by atomic mass is 10.2. The third-order valence-electron chi connectivity index (χ3n) is 2.30. The molecule has 0 saturated carbocycles. The first-order chi connectivity index (χ1) is 8.58. The largest absolute Gasteiger partial charge is 0.321 e. The second-order valence-corrected chi connectivity index (χ2v) is 5.56. The first-order valence-electron chi connectivity index (χ1n) is 5.09. The number of nitrogens with one attached hydrogen (secondary N) is 1. The highest BCUT2D eigenvalue weighted by Crippen LogP contribution is 2.26. The van der Waals surface area contributed by atoms with E-state index < -0.39 is 0 Å². The highest BCUT2D eigenvalue weighted by Gasteiger charge is 2.11. The van der Waals surface area contributed by atoms with Crippen LogP contribution < -0.4 is 5.32 Å². The van der Waals surface area contributed by atoms with E-state index in [4.69, 9.17) is 23.2 Å². The van der Waals surface area contributed by atoms with Gasteiger partial charge in [-0.2, -0.15) is 0 Å². The molecule has 2 aromatic rings. The SMILES string of the molecule is O=C(Nc1ccc(Cl)cc1Cl)c1ccccc1I. The number of halogens is 3. The smallest absolute Gasteiger partial charge is 0.256 e. The number of amides is 1. The van der Waals surface area contributed by atoms with Crippen molar-refractivity contribution in [3.05, 3.63) is 61.6 Å². The zero-order chi connectivity index (χ0) is 13.1. The molecule has 0 atom stereocenters. The van der Waals surface area contributed by atoms with Crippen LogP contribution in [-0.4, -0.2) is 5.91 Å². The molecule has 0 radical (unpaired) electrons. The van der Waals surface area contributed by atoms with Crippen LogP contribution in [0, 0.1) is 3.57 Å². The predicted molar refractivity (Wildman–Crippen MR) is 83.6 cm³/mol. The Labute approximate surface area is 128 Å². The van der Waals surface area contributed by atoms with Crippen LogP contribution in [0.15, 0.2) is 42.5 Å². The Morgan fingerprint density at radius 1 is 1.11 bits per heavy atom. The number of anilines is 1. The van der Waals surface area contributed by atoms with E-state index >= 15 is 0 Å². The second kappa shape index (κ2) is 5.91. The summed E-state index contributed by atoms with van der Waals surface area (Å²) in [7, 11) is 0. The van der Waals surface area contributed by atoms with E-state index in [0.29, 0.717) is 21.3 Å². The highest BCUT2D eigenvalue weighted by molar-refractivity contribution is 14.1. The van der Waals surface area contributed by atoms with E-state index in [1.54, 1.807) is 24.3 Å². The van der Waals surface area contributed by atoms with Gasteiger partial charge in [-0.25, -0.2) is 0 Å². The third kappa shape index (κ3) is 3.16. The van der Waals surface area contributed by atoms with Gasteiger partial charge in [-0.05, 0) is 52.9 Å². The zero-order valence-corrected chi connectivity index (χ0v) is 12.8. The fraction of sp³-hybridized carbons (Fsp3) is 0. The Morgan fingerprint density at radius 3 is 2.50 bits per heavy atom. The molecule has 2 nitrogen and oxygen atoms in total. The van der Waals surface area contributed by atoms with Crippen LogP contribution in [0.5, 0.6) is 0 Å². The molecule has 1 amide bonds. The number of hydrogen-bond acceptors (Lipinski definition) is 1. The molecule has 0 unspecified atom stereocenters. The Kier molecular flexibility index (Phi) is 4.48. The molecule has 0 aliphatic rings. The number of rotatable bonds is 2. The molecule has 18 heavy (non-hydrogen) atoms. The summed E-state index contributed by atoms with van der Waals surface area (Å²) in [5.74, 6) is -0.191. The second-order valence-electron chi connectivity index (χ2n) is 3.56. The van der Waals surface area contributed by atoms with Gasteiger partial charge in [0.15, 0.2) is 0 Å². The number of benzene rings is 2. The van der Waals surface area contributed by atoms with Gasteiger partial charge in [-0.1, -0.05) is 35.3 Å². The van der Waals surface area contributed by atoms with Crippen LogP contribution in [0.25, 0.3) is 0 Å². The minimum Gasteiger partial charge on any atom is -0.321 e. The van der Waals surface area contributed by atoms with Crippen molar-refractivity contribution >= 4 is 57.4 Å². The summed E-state index contributed by atoms with van der Waals surface area (Å²) < 4.78 is 0.887. The maximum Gasteiger partial charge on any atom is 0.256 e. The maximum absolute atomic E-state index is 12.1. The van der Waals surface area contributed by atoms with E-state index in [2.05, 4.69) is 27.9 Å². The van der Waals surface area contributed by atoms with Crippen LogP contribution in [0.4, 0.5) is 5.69 Å². The molecule has 0 aliphatic heterocycles. The summed E-state index contributed by atoms with van der Waals surface area (Å²) in [4.78, 5) is 12.1. The van der Waals surface area contributed by atoms with Crippen molar-refractivity contribution in [2.24, 2.45) is 0 Å². The average molecular weight is 392 g/mol. The first kappa shape index (κ1) is 13.6. The van der Waals surface area contributed by atoms with Gasteiger partial charge < -0.3 is 5.32 Å². The topological polar surface area (TPSA) is 29.1 Å². The lowest BCUT2D eigenvalue weighted by Crippen LogP contribution is -2.13. The number of hydrogen-bond donors (Lipinski definition) is 1. The van der Waals surface area contributed by atoms with E-state index in [9.17, 15) is 4.79 Å². The third-order valence-corrected chi connectivity index (χ3v) is 3.79. The Balaban J connectivity index is 2.24. The normalized spacial score (nSPS) is 10.2. The van der Waals surface area contributed by atoms with Crippen molar-refractivity contribution in [2.45, 2.75) is 0 Å². The van der Waals surface area contributed by atoms with Crippen molar-refractivity contribution in [2.75, 3.05) is 5.32 Å². The van der Waals surface area contributed by atoms with Crippen LogP contribution in [0.1, 0.15) is 10.4 Å². The zero-order valence-electron chi connectivity index (χ0n) is 9.08. The standard InChI is InChI=1S/C13H8Cl2INO/c14-8-5-6-12(10(15)7-8)17-13(18)9-3-1-2-4-11(9)16/h1-7H,(H,17,18). The van der Waals surface area contributed by atoms with Gasteiger partial charge in [0, 0.05) is 8.59 Å². The van der Waals surface area contributed by atoms with Crippen LogP contribution in [0.2, 0.25) is 10.0 Å². The molecule has 0 bridgehead atoms. The van der Waals surface area contributed by atoms with Gasteiger partial charge in [0.1, 0.15) is 0 Å². The monoisotopic (exact) mass is 391 g/mol. The Hall–Kier alpha value is -0.780. The first-order valence-corrected chi connectivity index (χ1v) is 6.92. The van der Waals surface area contributed by atoms with Crippen LogP contribution in [0.3, 0.4) is 0 Å². The predicted octanol–water partition coefficient (Wildman–Crippen LogP) is 4.85. The van der Waals surface area contributed by atoms with Crippen molar-refractivity contribution in [3.8, 4) is 0 Å². The molecular weight excluding hydrogens is 384 g/mol. The van der Waals surface area contributed by atoms with E-state index in [1.807, 2.05) is 18.2 Å². The highest BCUT2D eigenvalue weighted by atomic mass is 127. The Morgan fingerprint density at radius 2 is 1.83 bits per heavy atom. The lowest BCUT2D eigenvalue weighted by Gasteiger charge is -2.08. The average Bonchev–Trinajstić information content (AvgIpc) is 2.33. The quantitative estimate of drug-likeness (QED) is 0.728. The van der Waals surface area contributed by atoms with Gasteiger partial charge in [0.05, 0.1) is 16.3 Å². The van der Waals surface area contributed by atoms with Crippen molar-refractivity contribution < 1.29 is 4.79 Å². The fourth-order valence-corrected chi connectivity index (χ4v) is 2.51. The molecule has 5 heteroatoms. The maximum atomic E-state index is 12.1. The molecule has 1 N–H and O–H groups in total. The molecule has 0 saturated heterocycles. The summed E-state index contributed by atoms with van der Waals surface area (Å²) in [5, 5.41) is 3.71. The molecule has 92 valence electrons. The van der Waals surface area contributed by atoms with Gasteiger partial charge in [0.25, 0.3) is 5.91 Å². The van der Waals surface area contributed by atoms with Crippen molar-refractivity contribution in [3.63, 3.8) is 0 Å². The molecule has 2 rings (SSSR count). The lowest BCUT2D eigenvalue weighted by molar-refractivity contribution is 0.102. The molecular formula is C13H8Cl2INO. The van der Waals surface area contributed by atoms with Gasteiger partial charge >= 0.3 is 0 Å². The van der Waals surface area contributed by atoms with Crippen molar-refractivity contribution in [1.82, 2.24) is 0 Å². The summed E-state index contributed by atoms with van der Waals surface area (Å²) in [6.07, 6.45) is 0. The minimum absolute atomic E-state index is 0.191. The summed E-state index contributed by atoms with van der Waals surface area (Å²) in [5.41, 5.74) is 1.16. The molecule has 2 aromatic carbocycles. The summed E-state index contributed by atoms with van der Waals surface area (Å²) >= 11 is 13.9. The molecule has 0 spiro atoms. The molecule has 0 aromatic heterocycles. The van der Waals surface area contributed by atoms with E-state index in [1.165, 1.54) is 0 Å². The van der Waals surface area contributed by atoms with Gasteiger partial charge in [0.2, 0.25) is 0 Å². The van der Waals surface area contributed by atoms with Crippen LogP contribution in [-0.2, 0) is 0 Å². The molecule has 0 fully saturated rings. The number of carbonyl (C=O) groups excluding carboxylic acids is 1. The van der Waals surface area contributed by atoms with E-state index in [-0.39, 0.29) is 5.91 Å². The fourth-order valence-electron chi connectivity index (χ4n) is 1.43. The molecule has 0 aliphatic carbocycles. The summed E-state index contributed by atoms with van der Waals surface area (Å²) in [6, 6.07) is 12.3.